The lowest BCUT2D eigenvalue weighted by Gasteiger charge is -2.41. The maximum absolute atomic E-state index is 12.5. The Morgan fingerprint density at radius 3 is 2.79 bits per heavy atom. The number of carboxylic acids is 1. The van der Waals surface area contributed by atoms with Crippen LogP contribution >= 0.6 is 11.6 Å². The number of carbonyl (C=O) groups is 1. The zero-order valence-electron chi connectivity index (χ0n) is 22.1. The highest BCUT2D eigenvalue weighted by Gasteiger charge is 2.43. The summed E-state index contributed by atoms with van der Waals surface area (Å²) in [6.45, 7) is 6.82. The molecular formula is C31H37ClN2O4. The normalized spacial score (nSPS) is 27.0. The number of rotatable bonds is 1. The molecule has 3 aliphatic rings. The summed E-state index contributed by atoms with van der Waals surface area (Å²) >= 11 is 6.36. The number of nitrogens with zero attached hydrogens (tertiary/aromatic N) is 2. The molecule has 2 aromatic rings. The molecule has 0 fully saturated rings. The second-order valence-corrected chi connectivity index (χ2v) is 11.5. The zero-order valence-corrected chi connectivity index (χ0v) is 22.8. The average Bonchev–Trinajstić information content (AvgIpc) is 3.04. The van der Waals surface area contributed by atoms with Gasteiger partial charge in [-0.15, -0.1) is 0 Å². The summed E-state index contributed by atoms with van der Waals surface area (Å²) in [4.78, 5) is 16.7. The van der Waals surface area contributed by atoms with Crippen molar-refractivity contribution in [3.8, 4) is 5.75 Å². The van der Waals surface area contributed by atoms with Crippen molar-refractivity contribution in [2.45, 2.75) is 56.0 Å². The quantitative estimate of drug-likeness (QED) is 0.458. The molecule has 38 heavy (non-hydrogen) atoms. The summed E-state index contributed by atoms with van der Waals surface area (Å²) in [6, 6.07) is 11.5. The molecule has 0 radical (unpaired) electrons. The van der Waals surface area contributed by atoms with Crippen LogP contribution in [-0.4, -0.2) is 54.4 Å². The molecule has 5 rings (SSSR count). The predicted octanol–water partition coefficient (Wildman–Crippen LogP) is 5.66. The highest BCUT2D eigenvalue weighted by Crippen LogP contribution is 2.45. The van der Waals surface area contributed by atoms with Crippen LogP contribution in [0.5, 0.6) is 5.75 Å². The summed E-state index contributed by atoms with van der Waals surface area (Å²) in [6.07, 6.45) is 10.2. The summed E-state index contributed by atoms with van der Waals surface area (Å²) < 4.78 is 6.50. The van der Waals surface area contributed by atoms with Crippen LogP contribution in [-0.2, 0) is 22.2 Å². The Hall–Kier alpha value is -2.96. The number of ether oxygens (including phenoxy) is 1. The number of likely N-dealkylation sites (N-methyl/N-ethyl adjacent to an activating group) is 1. The predicted molar refractivity (Wildman–Crippen MR) is 151 cm³/mol. The van der Waals surface area contributed by atoms with E-state index >= 15 is 0 Å². The maximum atomic E-state index is 12.5. The van der Waals surface area contributed by atoms with Gasteiger partial charge in [0.1, 0.15) is 5.75 Å². The molecule has 2 aromatic carbocycles. The molecule has 0 saturated carbocycles. The molecule has 2 N–H and O–H groups in total. The molecule has 2 aliphatic heterocycles. The van der Waals surface area contributed by atoms with Crippen LogP contribution < -0.4 is 9.64 Å². The Morgan fingerprint density at radius 2 is 1.97 bits per heavy atom. The molecule has 1 spiro atoms. The van der Waals surface area contributed by atoms with Crippen molar-refractivity contribution in [2.75, 3.05) is 38.2 Å². The molecule has 0 amide bonds. The molecular weight excluding hydrogens is 500 g/mol. The lowest BCUT2D eigenvalue weighted by Crippen LogP contribution is -2.46. The molecule has 0 unspecified atom stereocenters. The van der Waals surface area contributed by atoms with Crippen LogP contribution in [0.2, 0.25) is 5.02 Å². The van der Waals surface area contributed by atoms with Gasteiger partial charge in [0.05, 0.1) is 12.3 Å². The molecule has 2 atom stereocenters. The second-order valence-electron chi connectivity index (χ2n) is 11.1. The highest BCUT2D eigenvalue weighted by atomic mass is 35.5. The minimum Gasteiger partial charge on any atom is -0.490 e. The van der Waals surface area contributed by atoms with Crippen LogP contribution in [0.3, 0.4) is 0 Å². The van der Waals surface area contributed by atoms with Crippen LogP contribution in [0.15, 0.2) is 60.8 Å². The molecule has 0 aromatic heterocycles. The van der Waals surface area contributed by atoms with Crippen molar-refractivity contribution >= 4 is 23.3 Å². The van der Waals surface area contributed by atoms with Gasteiger partial charge in [-0.3, -0.25) is 0 Å². The number of hydrogen-bond acceptors (Lipinski definition) is 5. The highest BCUT2D eigenvalue weighted by molar-refractivity contribution is 6.30. The Morgan fingerprint density at radius 1 is 1.13 bits per heavy atom. The van der Waals surface area contributed by atoms with Crippen LogP contribution in [0.4, 0.5) is 5.69 Å². The van der Waals surface area contributed by atoms with E-state index in [2.05, 4.69) is 35.8 Å². The van der Waals surface area contributed by atoms with Gasteiger partial charge < -0.3 is 24.7 Å². The zero-order chi connectivity index (χ0) is 26.9. The number of benzene rings is 2. The van der Waals surface area contributed by atoms with Gasteiger partial charge in [0.25, 0.3) is 0 Å². The van der Waals surface area contributed by atoms with E-state index in [1.165, 1.54) is 11.1 Å². The van der Waals surface area contributed by atoms with Crippen molar-refractivity contribution in [2.24, 2.45) is 0 Å². The number of aliphatic hydroxyl groups is 1. The van der Waals surface area contributed by atoms with Gasteiger partial charge in [-0.25, -0.2) is 4.79 Å². The van der Waals surface area contributed by atoms with Crippen molar-refractivity contribution in [1.29, 1.82) is 0 Å². The molecule has 7 heteroatoms. The van der Waals surface area contributed by atoms with Gasteiger partial charge in [0, 0.05) is 49.2 Å². The first-order chi connectivity index (χ1) is 18.2. The minimum atomic E-state index is -2.10. The first kappa shape index (κ1) is 26.6. The fraction of sp³-hybridized carbons (Fsp3) is 0.452. The number of hydrogen-bond donors (Lipinski definition) is 2. The van der Waals surface area contributed by atoms with E-state index in [0.717, 1.165) is 68.1 Å². The van der Waals surface area contributed by atoms with E-state index in [1.54, 1.807) is 6.07 Å². The number of carboxylic acid groups (broad SMARTS) is 1. The third-order valence-corrected chi connectivity index (χ3v) is 8.70. The Labute approximate surface area is 230 Å². The number of allylic oxidation sites excluding steroid dienone is 1. The lowest BCUT2D eigenvalue weighted by molar-refractivity contribution is -0.160. The maximum Gasteiger partial charge on any atom is 0.340 e. The number of fused-ring (bicyclic) bond motifs is 3. The average molecular weight is 537 g/mol. The van der Waals surface area contributed by atoms with E-state index in [0.29, 0.717) is 24.4 Å². The number of anilines is 1. The van der Waals surface area contributed by atoms with Crippen LogP contribution in [0.1, 0.15) is 55.2 Å². The third-order valence-electron chi connectivity index (χ3n) is 8.46. The Kier molecular flexibility index (Phi) is 7.47. The molecule has 202 valence electrons. The van der Waals surface area contributed by atoms with Gasteiger partial charge in [0.15, 0.2) is 5.60 Å². The lowest BCUT2D eigenvalue weighted by atomic mass is 9.70. The first-order valence-corrected chi connectivity index (χ1v) is 13.9. The van der Waals surface area contributed by atoms with Crippen molar-refractivity contribution < 1.29 is 19.7 Å². The minimum absolute atomic E-state index is 0.107. The summed E-state index contributed by atoms with van der Waals surface area (Å²) in [5.41, 5.74) is 2.02. The first-order valence-electron chi connectivity index (χ1n) is 13.5. The van der Waals surface area contributed by atoms with E-state index in [4.69, 9.17) is 16.3 Å². The van der Waals surface area contributed by atoms with Crippen molar-refractivity contribution in [3.63, 3.8) is 0 Å². The Bertz CT molecular complexity index is 1260. The number of halogens is 1. The van der Waals surface area contributed by atoms with Crippen LogP contribution in [0, 0.1) is 0 Å². The largest absolute Gasteiger partial charge is 0.490 e. The van der Waals surface area contributed by atoms with E-state index in [-0.39, 0.29) is 11.8 Å². The fourth-order valence-corrected chi connectivity index (χ4v) is 6.38. The number of aryl methyl sites for hydroxylation is 1. The summed E-state index contributed by atoms with van der Waals surface area (Å²) in [5.74, 6) is -0.567. The van der Waals surface area contributed by atoms with Crippen LogP contribution in [0.25, 0.3) is 0 Å². The monoisotopic (exact) mass is 536 g/mol. The molecule has 0 saturated heterocycles. The van der Waals surface area contributed by atoms with Crippen molar-refractivity contribution in [1.82, 2.24) is 4.90 Å². The second kappa shape index (κ2) is 10.7. The standard InChI is InChI=1S/C31H37ClN2O4/c1-22-19-31(37,29(35)36)24-10-13-28-27(18-24)34(16-7-5-3-4-6-15-33(22)2)20-30(21-38-28)14-8-9-23-17-25(32)11-12-26(23)30/h4,6,10-13,17-18,37H,1,3,5,7-9,14-16,19-21H2,2H3,(H,35,36)/b6-4+/t30-,31+/m0/s1. The smallest absolute Gasteiger partial charge is 0.340 e. The van der Waals surface area contributed by atoms with E-state index in [9.17, 15) is 15.0 Å². The summed E-state index contributed by atoms with van der Waals surface area (Å²) in [7, 11) is 1.87. The summed E-state index contributed by atoms with van der Waals surface area (Å²) in [5, 5.41) is 22.5. The molecule has 6 nitrogen and oxygen atoms in total. The Balaban J connectivity index is 1.59. The SMILES string of the molecule is C=C1C[C@](O)(C(=O)O)c2ccc3c(c2)N(CCCC/C=C/CN1C)C[C@@]1(CCCc2cc(Cl)ccc21)CO3. The van der Waals surface area contributed by atoms with E-state index < -0.39 is 11.6 Å². The molecule has 1 aliphatic carbocycles. The van der Waals surface area contributed by atoms with Gasteiger partial charge >= 0.3 is 5.97 Å². The topological polar surface area (TPSA) is 73.2 Å². The van der Waals surface area contributed by atoms with E-state index in [1.807, 2.05) is 30.1 Å². The van der Waals surface area contributed by atoms with Gasteiger partial charge in [-0.1, -0.05) is 42.5 Å². The fourth-order valence-electron chi connectivity index (χ4n) is 6.18. The van der Waals surface area contributed by atoms with Gasteiger partial charge in [0.2, 0.25) is 0 Å². The van der Waals surface area contributed by atoms with Gasteiger partial charge in [-0.2, -0.15) is 0 Å². The molecule has 2 bridgehead atoms. The van der Waals surface area contributed by atoms with Gasteiger partial charge in [-0.05, 0) is 79.5 Å². The van der Waals surface area contributed by atoms with Crippen molar-refractivity contribution in [3.05, 3.63) is 82.5 Å². The third kappa shape index (κ3) is 5.04. The molecule has 2 heterocycles. The number of aliphatic carboxylic acids is 1.